The van der Waals surface area contributed by atoms with Crippen molar-refractivity contribution in [1.82, 2.24) is 9.78 Å². The van der Waals surface area contributed by atoms with Crippen LogP contribution in [0.3, 0.4) is 0 Å². The minimum atomic E-state index is -0.165. The third-order valence-corrected chi connectivity index (χ3v) is 2.47. The Labute approximate surface area is 93.6 Å². The second kappa shape index (κ2) is 4.81. The second-order valence-corrected chi connectivity index (χ2v) is 3.51. The van der Waals surface area contributed by atoms with Gasteiger partial charge in [0.15, 0.2) is 0 Å². The molecule has 2 heterocycles. The molecule has 1 aliphatic heterocycles. The minimum Gasteiger partial charge on any atom is -0.378 e. The third-order valence-electron chi connectivity index (χ3n) is 2.47. The van der Waals surface area contributed by atoms with E-state index in [2.05, 4.69) is 15.9 Å². The maximum Gasteiger partial charge on any atom is 0.269 e. The zero-order valence-corrected chi connectivity index (χ0v) is 8.93. The second-order valence-electron chi connectivity index (χ2n) is 3.51. The van der Waals surface area contributed by atoms with Gasteiger partial charge in [0.25, 0.3) is 5.56 Å². The van der Waals surface area contributed by atoms with Crippen LogP contribution in [0.2, 0.25) is 0 Å². The molecule has 0 amide bonds. The van der Waals surface area contributed by atoms with Gasteiger partial charge in [0.05, 0.1) is 25.1 Å². The Hall–Kier alpha value is -1.80. The van der Waals surface area contributed by atoms with E-state index in [1.54, 1.807) is 12.3 Å². The Morgan fingerprint density at radius 3 is 2.88 bits per heavy atom. The molecule has 16 heavy (non-hydrogen) atoms. The average molecular weight is 219 g/mol. The highest BCUT2D eigenvalue weighted by Crippen LogP contribution is 2.11. The fourth-order valence-electron chi connectivity index (χ4n) is 1.62. The molecule has 5 heteroatoms. The maximum atomic E-state index is 11.6. The van der Waals surface area contributed by atoms with Crippen LogP contribution in [0.15, 0.2) is 17.1 Å². The SMILES string of the molecule is C#CCn1ncc(N2CCOCC2)cc1=O. The molecular formula is C11H13N3O2. The van der Waals surface area contributed by atoms with Gasteiger partial charge in [-0.3, -0.25) is 4.79 Å². The van der Waals surface area contributed by atoms with Gasteiger partial charge in [0.1, 0.15) is 6.54 Å². The van der Waals surface area contributed by atoms with Crippen LogP contribution in [0.4, 0.5) is 5.69 Å². The van der Waals surface area contributed by atoms with E-state index in [0.717, 1.165) is 18.8 Å². The van der Waals surface area contributed by atoms with E-state index in [9.17, 15) is 4.79 Å². The summed E-state index contributed by atoms with van der Waals surface area (Å²) in [5, 5.41) is 4.02. The van der Waals surface area contributed by atoms with Gasteiger partial charge in [0, 0.05) is 19.2 Å². The molecule has 0 aromatic carbocycles. The molecule has 84 valence electrons. The molecule has 1 fully saturated rings. The lowest BCUT2D eigenvalue weighted by atomic mass is 10.3. The quantitative estimate of drug-likeness (QED) is 0.641. The summed E-state index contributed by atoms with van der Waals surface area (Å²) >= 11 is 0. The Morgan fingerprint density at radius 2 is 2.25 bits per heavy atom. The van der Waals surface area contributed by atoms with Crippen molar-refractivity contribution in [2.75, 3.05) is 31.2 Å². The Balaban J connectivity index is 2.20. The standard InChI is InChI=1S/C11H13N3O2/c1-2-3-14-11(15)8-10(9-12-14)13-4-6-16-7-5-13/h1,8-9H,3-7H2. The number of rotatable bonds is 2. The van der Waals surface area contributed by atoms with Crippen molar-refractivity contribution in [2.24, 2.45) is 0 Å². The fourth-order valence-corrected chi connectivity index (χ4v) is 1.62. The van der Waals surface area contributed by atoms with E-state index in [1.165, 1.54) is 4.68 Å². The van der Waals surface area contributed by atoms with Gasteiger partial charge in [-0.15, -0.1) is 6.42 Å². The highest BCUT2D eigenvalue weighted by atomic mass is 16.5. The summed E-state index contributed by atoms with van der Waals surface area (Å²) in [5.41, 5.74) is 0.670. The average Bonchev–Trinajstić information content (AvgIpc) is 2.33. The highest BCUT2D eigenvalue weighted by molar-refractivity contribution is 5.43. The molecule has 0 N–H and O–H groups in total. The maximum absolute atomic E-state index is 11.6. The van der Waals surface area contributed by atoms with Gasteiger partial charge in [-0.1, -0.05) is 5.92 Å². The molecule has 1 saturated heterocycles. The number of hydrogen-bond donors (Lipinski definition) is 0. The lowest BCUT2D eigenvalue weighted by molar-refractivity contribution is 0.122. The van der Waals surface area contributed by atoms with E-state index in [0.29, 0.717) is 13.2 Å². The summed E-state index contributed by atoms with van der Waals surface area (Å²) in [4.78, 5) is 13.7. The first-order valence-corrected chi connectivity index (χ1v) is 5.14. The number of nitrogens with zero attached hydrogens (tertiary/aromatic N) is 3. The van der Waals surface area contributed by atoms with E-state index in [1.807, 2.05) is 0 Å². The number of morpholine rings is 1. The van der Waals surface area contributed by atoms with Crippen LogP contribution in [-0.2, 0) is 11.3 Å². The summed E-state index contributed by atoms with van der Waals surface area (Å²) in [5.74, 6) is 2.39. The van der Waals surface area contributed by atoms with Crippen LogP contribution in [0.5, 0.6) is 0 Å². The first-order chi connectivity index (χ1) is 7.81. The van der Waals surface area contributed by atoms with Crippen molar-refractivity contribution in [1.29, 1.82) is 0 Å². The predicted octanol–water partition coefficient (Wildman–Crippen LogP) is -0.287. The Kier molecular flexibility index (Phi) is 3.22. The number of ether oxygens (including phenoxy) is 1. The summed E-state index contributed by atoms with van der Waals surface area (Å²) < 4.78 is 6.51. The topological polar surface area (TPSA) is 47.4 Å². The number of hydrogen-bond acceptors (Lipinski definition) is 4. The molecule has 1 aromatic rings. The summed E-state index contributed by atoms with van der Waals surface area (Å²) in [7, 11) is 0. The molecule has 0 aliphatic carbocycles. The molecule has 1 aromatic heterocycles. The molecule has 1 aliphatic rings. The molecule has 0 unspecified atom stereocenters. The van der Waals surface area contributed by atoms with Crippen molar-refractivity contribution in [2.45, 2.75) is 6.54 Å². The van der Waals surface area contributed by atoms with Gasteiger partial charge in [0.2, 0.25) is 0 Å². The van der Waals surface area contributed by atoms with Crippen LogP contribution in [0.25, 0.3) is 0 Å². The van der Waals surface area contributed by atoms with Crippen molar-refractivity contribution in [3.63, 3.8) is 0 Å². The molecular weight excluding hydrogens is 206 g/mol. The number of terminal acetylenes is 1. The molecule has 0 spiro atoms. The van der Waals surface area contributed by atoms with E-state index in [-0.39, 0.29) is 12.1 Å². The summed E-state index contributed by atoms with van der Waals surface area (Å²) in [6.07, 6.45) is 6.80. The Morgan fingerprint density at radius 1 is 1.50 bits per heavy atom. The van der Waals surface area contributed by atoms with Crippen LogP contribution in [0, 0.1) is 12.3 Å². The van der Waals surface area contributed by atoms with Gasteiger partial charge in [-0.2, -0.15) is 5.10 Å². The predicted molar refractivity (Wildman–Crippen MR) is 60.4 cm³/mol. The van der Waals surface area contributed by atoms with Crippen LogP contribution in [0.1, 0.15) is 0 Å². The van der Waals surface area contributed by atoms with Crippen molar-refractivity contribution in [3.05, 3.63) is 22.6 Å². The molecule has 0 radical (unpaired) electrons. The first kappa shape index (κ1) is 10.7. The molecule has 2 rings (SSSR count). The number of aromatic nitrogens is 2. The minimum absolute atomic E-state index is 0.165. The van der Waals surface area contributed by atoms with Crippen molar-refractivity contribution >= 4 is 5.69 Å². The van der Waals surface area contributed by atoms with Gasteiger partial charge in [-0.25, -0.2) is 4.68 Å². The van der Waals surface area contributed by atoms with E-state index < -0.39 is 0 Å². The monoisotopic (exact) mass is 219 g/mol. The fraction of sp³-hybridized carbons (Fsp3) is 0.455. The lowest BCUT2D eigenvalue weighted by Gasteiger charge is -2.28. The van der Waals surface area contributed by atoms with Crippen LogP contribution >= 0.6 is 0 Å². The van der Waals surface area contributed by atoms with Gasteiger partial charge >= 0.3 is 0 Å². The van der Waals surface area contributed by atoms with Crippen LogP contribution in [-0.4, -0.2) is 36.1 Å². The molecule has 5 nitrogen and oxygen atoms in total. The zero-order chi connectivity index (χ0) is 11.4. The van der Waals surface area contributed by atoms with Gasteiger partial charge < -0.3 is 9.64 Å². The first-order valence-electron chi connectivity index (χ1n) is 5.14. The van der Waals surface area contributed by atoms with Gasteiger partial charge in [-0.05, 0) is 0 Å². The highest BCUT2D eigenvalue weighted by Gasteiger charge is 2.12. The lowest BCUT2D eigenvalue weighted by Crippen LogP contribution is -2.37. The van der Waals surface area contributed by atoms with E-state index >= 15 is 0 Å². The van der Waals surface area contributed by atoms with Crippen molar-refractivity contribution < 1.29 is 4.74 Å². The zero-order valence-electron chi connectivity index (χ0n) is 8.93. The van der Waals surface area contributed by atoms with E-state index in [4.69, 9.17) is 11.2 Å². The third kappa shape index (κ3) is 2.23. The molecule has 0 bridgehead atoms. The smallest absolute Gasteiger partial charge is 0.269 e. The summed E-state index contributed by atoms with van der Waals surface area (Å²) in [6, 6.07) is 1.57. The largest absolute Gasteiger partial charge is 0.378 e. The Bertz CT molecular complexity index is 455. The normalized spacial score (nSPS) is 15.8. The molecule has 0 atom stereocenters. The number of anilines is 1. The van der Waals surface area contributed by atoms with Crippen LogP contribution < -0.4 is 10.5 Å². The van der Waals surface area contributed by atoms with Crippen molar-refractivity contribution in [3.8, 4) is 12.3 Å². The summed E-state index contributed by atoms with van der Waals surface area (Å²) in [6.45, 7) is 3.17. The molecule has 0 saturated carbocycles.